The van der Waals surface area contributed by atoms with Crippen molar-refractivity contribution in [1.82, 2.24) is 24.6 Å². The molecular formula is C14H18N6O. The van der Waals surface area contributed by atoms with Crippen molar-refractivity contribution in [2.75, 3.05) is 18.9 Å². The molecule has 1 aliphatic heterocycles. The average Bonchev–Trinajstić information content (AvgIpc) is 3.15. The first kappa shape index (κ1) is 13.5. The summed E-state index contributed by atoms with van der Waals surface area (Å²) in [7, 11) is 3.58. The normalized spacial score (nSPS) is 18.0. The average molecular weight is 286 g/mol. The second kappa shape index (κ2) is 5.51. The second-order valence-electron chi connectivity index (χ2n) is 5.08. The molecule has 0 saturated carbocycles. The minimum absolute atomic E-state index is 0.00541. The predicted molar refractivity (Wildman–Crippen MR) is 77.8 cm³/mol. The van der Waals surface area contributed by atoms with Crippen molar-refractivity contribution in [1.29, 1.82) is 0 Å². The lowest BCUT2D eigenvalue weighted by atomic mass is 10.1. The van der Waals surface area contributed by atoms with Gasteiger partial charge in [0.2, 0.25) is 0 Å². The Kier molecular flexibility index (Phi) is 3.55. The Morgan fingerprint density at radius 3 is 3.00 bits per heavy atom. The Morgan fingerprint density at radius 1 is 1.43 bits per heavy atom. The number of nitrogens with one attached hydrogen (secondary N) is 1. The quantitative estimate of drug-likeness (QED) is 0.918. The fourth-order valence-electron chi connectivity index (χ4n) is 2.71. The van der Waals surface area contributed by atoms with Gasteiger partial charge in [0, 0.05) is 26.8 Å². The highest BCUT2D eigenvalue weighted by Crippen LogP contribution is 2.32. The van der Waals surface area contributed by atoms with E-state index in [4.69, 9.17) is 0 Å². The second-order valence-corrected chi connectivity index (χ2v) is 5.08. The number of carbonyl (C=O) groups excluding carboxylic acids is 1. The van der Waals surface area contributed by atoms with Gasteiger partial charge in [-0.15, -0.1) is 0 Å². The zero-order valence-corrected chi connectivity index (χ0v) is 12.2. The lowest BCUT2D eigenvalue weighted by Crippen LogP contribution is -2.32. The summed E-state index contributed by atoms with van der Waals surface area (Å²) < 4.78 is 1.60. The van der Waals surface area contributed by atoms with E-state index in [1.165, 1.54) is 0 Å². The fraction of sp³-hybridized carbons (Fsp3) is 0.429. The molecule has 7 nitrogen and oxygen atoms in total. The minimum atomic E-state index is -0.0202. The minimum Gasteiger partial charge on any atom is -0.372 e. The van der Waals surface area contributed by atoms with Crippen molar-refractivity contribution in [2.45, 2.75) is 18.9 Å². The summed E-state index contributed by atoms with van der Waals surface area (Å²) in [5.74, 6) is 0.710. The van der Waals surface area contributed by atoms with Crippen LogP contribution in [0.25, 0.3) is 0 Å². The van der Waals surface area contributed by atoms with Gasteiger partial charge in [0.1, 0.15) is 11.5 Å². The van der Waals surface area contributed by atoms with E-state index in [-0.39, 0.29) is 11.9 Å². The monoisotopic (exact) mass is 286 g/mol. The predicted octanol–water partition coefficient (Wildman–Crippen LogP) is 1.23. The van der Waals surface area contributed by atoms with Crippen LogP contribution in [0.3, 0.4) is 0 Å². The van der Waals surface area contributed by atoms with Crippen LogP contribution < -0.4 is 5.32 Å². The molecule has 0 spiro atoms. The molecule has 0 bridgehead atoms. The molecule has 7 heteroatoms. The maximum Gasteiger partial charge on any atom is 0.272 e. The van der Waals surface area contributed by atoms with Crippen LogP contribution in [0.5, 0.6) is 0 Å². The van der Waals surface area contributed by atoms with Crippen molar-refractivity contribution < 1.29 is 4.79 Å². The maximum atomic E-state index is 12.7. The molecule has 3 rings (SSSR count). The highest BCUT2D eigenvalue weighted by Gasteiger charge is 2.32. The van der Waals surface area contributed by atoms with Gasteiger partial charge in [-0.05, 0) is 18.9 Å². The van der Waals surface area contributed by atoms with Gasteiger partial charge in [-0.3, -0.25) is 14.5 Å². The van der Waals surface area contributed by atoms with Crippen LogP contribution in [0.15, 0.2) is 24.7 Å². The summed E-state index contributed by atoms with van der Waals surface area (Å²) >= 11 is 0. The number of likely N-dealkylation sites (tertiary alicyclic amines) is 1. The standard InChI is InChI=1S/C14H18N6O/c1-15-13-9-16-8-10(18-13)11-4-3-7-20(11)14(21)12-5-6-17-19(12)2/h5-6,8-9,11H,3-4,7H2,1-2H3,(H,15,18)/t11-/m1/s1. The fourth-order valence-corrected chi connectivity index (χ4v) is 2.71. The highest BCUT2D eigenvalue weighted by atomic mass is 16.2. The first-order valence-electron chi connectivity index (χ1n) is 6.99. The maximum absolute atomic E-state index is 12.7. The van der Waals surface area contributed by atoms with Crippen LogP contribution in [0.1, 0.15) is 35.1 Å². The molecule has 0 aliphatic carbocycles. The number of aromatic nitrogens is 4. The summed E-state index contributed by atoms with van der Waals surface area (Å²) in [6.45, 7) is 0.736. The van der Waals surface area contributed by atoms with Crippen LogP contribution in [-0.2, 0) is 7.05 Å². The molecule has 0 radical (unpaired) electrons. The Bertz CT molecular complexity index is 652. The number of aryl methyl sites for hydroxylation is 1. The number of hydrogen-bond acceptors (Lipinski definition) is 5. The number of amides is 1. The zero-order valence-electron chi connectivity index (χ0n) is 12.2. The van der Waals surface area contributed by atoms with Crippen LogP contribution in [-0.4, -0.2) is 44.1 Å². The van der Waals surface area contributed by atoms with Gasteiger partial charge in [-0.25, -0.2) is 4.98 Å². The van der Waals surface area contributed by atoms with Crippen molar-refractivity contribution in [2.24, 2.45) is 7.05 Å². The van der Waals surface area contributed by atoms with Crippen LogP contribution in [0.4, 0.5) is 5.82 Å². The van der Waals surface area contributed by atoms with Crippen LogP contribution in [0, 0.1) is 0 Å². The molecule has 1 atom stereocenters. The first-order valence-corrected chi connectivity index (χ1v) is 6.99. The van der Waals surface area contributed by atoms with Crippen molar-refractivity contribution in [3.05, 3.63) is 36.0 Å². The topological polar surface area (TPSA) is 75.9 Å². The van der Waals surface area contributed by atoms with Crippen molar-refractivity contribution in [3.8, 4) is 0 Å². The lowest BCUT2D eigenvalue weighted by Gasteiger charge is -2.24. The van der Waals surface area contributed by atoms with Gasteiger partial charge < -0.3 is 10.2 Å². The van der Waals surface area contributed by atoms with Crippen molar-refractivity contribution >= 4 is 11.7 Å². The molecule has 1 amide bonds. The van der Waals surface area contributed by atoms with E-state index >= 15 is 0 Å². The Hall–Kier alpha value is -2.44. The molecule has 0 aromatic carbocycles. The Morgan fingerprint density at radius 2 is 2.29 bits per heavy atom. The Labute approximate surface area is 123 Å². The number of rotatable bonds is 3. The van der Waals surface area contributed by atoms with Gasteiger partial charge in [-0.2, -0.15) is 5.10 Å². The molecule has 1 fully saturated rings. The van der Waals surface area contributed by atoms with Gasteiger partial charge in [-0.1, -0.05) is 0 Å². The van der Waals surface area contributed by atoms with Gasteiger partial charge in [0.05, 0.1) is 24.1 Å². The van der Waals surface area contributed by atoms with E-state index in [0.717, 1.165) is 25.1 Å². The molecule has 1 saturated heterocycles. The van der Waals surface area contributed by atoms with Crippen molar-refractivity contribution in [3.63, 3.8) is 0 Å². The van der Waals surface area contributed by atoms with Gasteiger partial charge in [0.25, 0.3) is 5.91 Å². The van der Waals surface area contributed by atoms with E-state index in [1.54, 1.807) is 43.4 Å². The highest BCUT2D eigenvalue weighted by molar-refractivity contribution is 5.93. The molecule has 2 aromatic heterocycles. The molecule has 21 heavy (non-hydrogen) atoms. The first-order chi connectivity index (χ1) is 10.2. The molecule has 1 N–H and O–H groups in total. The molecule has 1 aliphatic rings. The van der Waals surface area contributed by atoms with E-state index in [0.29, 0.717) is 11.5 Å². The lowest BCUT2D eigenvalue weighted by molar-refractivity contribution is 0.0721. The van der Waals surface area contributed by atoms with Crippen LogP contribution in [0.2, 0.25) is 0 Å². The number of carbonyl (C=O) groups is 1. The summed E-state index contributed by atoms with van der Waals surface area (Å²) in [6.07, 6.45) is 6.93. The summed E-state index contributed by atoms with van der Waals surface area (Å²) in [4.78, 5) is 23.2. The number of anilines is 1. The third-order valence-corrected chi connectivity index (χ3v) is 3.80. The van der Waals surface area contributed by atoms with E-state index in [9.17, 15) is 4.79 Å². The van der Waals surface area contributed by atoms with Gasteiger partial charge >= 0.3 is 0 Å². The smallest absolute Gasteiger partial charge is 0.272 e. The molecule has 2 aromatic rings. The van der Waals surface area contributed by atoms with Crippen LogP contribution >= 0.6 is 0 Å². The summed E-state index contributed by atoms with van der Waals surface area (Å²) in [5.41, 5.74) is 1.43. The number of nitrogens with zero attached hydrogens (tertiary/aromatic N) is 5. The van der Waals surface area contributed by atoms with Gasteiger partial charge in [0.15, 0.2) is 0 Å². The van der Waals surface area contributed by atoms with E-state index in [1.807, 2.05) is 4.90 Å². The number of hydrogen-bond donors (Lipinski definition) is 1. The SMILES string of the molecule is CNc1cncc([C@H]2CCCN2C(=O)c2ccnn2C)n1. The third-order valence-electron chi connectivity index (χ3n) is 3.80. The molecule has 3 heterocycles. The third kappa shape index (κ3) is 2.46. The molecule has 110 valence electrons. The van der Waals surface area contributed by atoms with E-state index in [2.05, 4.69) is 20.4 Å². The molecular weight excluding hydrogens is 268 g/mol. The van der Waals surface area contributed by atoms with E-state index < -0.39 is 0 Å². The Balaban J connectivity index is 1.88. The molecule has 0 unspecified atom stereocenters. The largest absolute Gasteiger partial charge is 0.372 e. The zero-order chi connectivity index (χ0) is 14.8. The summed E-state index contributed by atoms with van der Waals surface area (Å²) in [5, 5.41) is 7.05. The summed E-state index contributed by atoms with van der Waals surface area (Å²) in [6, 6.07) is 1.72.